The van der Waals surface area contributed by atoms with Gasteiger partial charge in [0.05, 0.1) is 27.0 Å². The van der Waals surface area contributed by atoms with Crippen LogP contribution in [0.4, 0.5) is 0 Å². The molecule has 0 saturated carbocycles. The van der Waals surface area contributed by atoms with E-state index in [0.717, 1.165) is 27.9 Å². The van der Waals surface area contributed by atoms with Crippen molar-refractivity contribution < 1.29 is 14.2 Å². The third kappa shape index (κ3) is 3.16. The smallest absolute Gasteiger partial charge is 0.203 e. The number of methoxy groups -OCH3 is 3. The van der Waals surface area contributed by atoms with Crippen molar-refractivity contribution >= 4 is 11.5 Å². The Morgan fingerprint density at radius 1 is 0.857 bits per heavy atom. The molecule has 0 atom stereocenters. The molecular weight excluding hydrogens is 378 g/mol. The summed E-state index contributed by atoms with van der Waals surface area (Å²) in [4.78, 5) is 0. The van der Waals surface area contributed by atoms with Crippen LogP contribution < -0.4 is 14.2 Å². The lowest BCUT2D eigenvalue weighted by atomic mass is 10.00. The number of nitrogens with one attached hydrogen (secondary N) is 1. The standard InChI is InChI=1S/C19H17N5O3S/c1-25-15-8-13(9-16(26-2)18(15)27-3)17-14(10-28-22-17)11-4-6-12(7-5-11)19-20-23-24-21-19/h4-10H,1-3H3,(H,20,21,23,24). The number of ether oxygens (including phenoxy) is 3. The minimum Gasteiger partial charge on any atom is -0.493 e. The minimum absolute atomic E-state index is 0.551. The molecule has 0 amide bonds. The SMILES string of the molecule is COc1cc(-c2nscc2-c2ccc(-c3nnn[nH]3)cc2)cc(OC)c1OC. The molecule has 4 rings (SSSR count). The first-order chi connectivity index (χ1) is 13.7. The van der Waals surface area contributed by atoms with Crippen LogP contribution in [0, 0.1) is 0 Å². The van der Waals surface area contributed by atoms with Crippen molar-refractivity contribution in [3.05, 3.63) is 41.8 Å². The minimum atomic E-state index is 0.551. The molecule has 0 spiro atoms. The fraction of sp³-hybridized carbons (Fsp3) is 0.158. The topological polar surface area (TPSA) is 95.0 Å². The molecule has 0 aliphatic rings. The second-order valence-corrected chi connectivity index (χ2v) is 6.45. The van der Waals surface area contributed by atoms with Crippen LogP contribution in [0.5, 0.6) is 17.2 Å². The lowest BCUT2D eigenvalue weighted by Crippen LogP contribution is -1.96. The Bertz CT molecular complexity index is 1050. The van der Waals surface area contributed by atoms with Gasteiger partial charge in [-0.2, -0.15) is 4.37 Å². The lowest BCUT2D eigenvalue weighted by Gasteiger charge is -2.14. The summed E-state index contributed by atoms with van der Waals surface area (Å²) in [5.41, 5.74) is 4.69. The van der Waals surface area contributed by atoms with E-state index in [4.69, 9.17) is 14.2 Å². The van der Waals surface area contributed by atoms with Crippen LogP contribution in [0.2, 0.25) is 0 Å². The van der Waals surface area contributed by atoms with Crippen LogP contribution in [0.25, 0.3) is 33.8 Å². The molecule has 8 nitrogen and oxygen atoms in total. The van der Waals surface area contributed by atoms with Crippen LogP contribution in [0.15, 0.2) is 41.8 Å². The van der Waals surface area contributed by atoms with Gasteiger partial charge in [-0.3, -0.25) is 0 Å². The van der Waals surface area contributed by atoms with Gasteiger partial charge in [-0.25, -0.2) is 5.10 Å². The predicted molar refractivity (Wildman–Crippen MR) is 106 cm³/mol. The number of aromatic nitrogens is 5. The molecule has 142 valence electrons. The van der Waals surface area contributed by atoms with Crippen LogP contribution in [0.1, 0.15) is 0 Å². The molecule has 0 bridgehead atoms. The van der Waals surface area contributed by atoms with Gasteiger partial charge in [-0.05, 0) is 39.7 Å². The summed E-state index contributed by atoms with van der Waals surface area (Å²) in [5, 5.41) is 15.9. The van der Waals surface area contributed by atoms with E-state index in [1.165, 1.54) is 11.5 Å². The van der Waals surface area contributed by atoms with E-state index in [2.05, 4.69) is 25.0 Å². The summed E-state index contributed by atoms with van der Waals surface area (Å²) in [6, 6.07) is 11.8. The number of hydrogen-bond donors (Lipinski definition) is 1. The van der Waals surface area contributed by atoms with E-state index in [1.54, 1.807) is 21.3 Å². The quantitative estimate of drug-likeness (QED) is 0.532. The monoisotopic (exact) mass is 395 g/mol. The first kappa shape index (κ1) is 17.9. The van der Waals surface area contributed by atoms with Crippen molar-refractivity contribution in [2.75, 3.05) is 21.3 Å². The van der Waals surface area contributed by atoms with E-state index >= 15 is 0 Å². The molecule has 0 unspecified atom stereocenters. The molecule has 9 heteroatoms. The summed E-state index contributed by atoms with van der Waals surface area (Å²) in [5.74, 6) is 2.35. The predicted octanol–water partition coefficient (Wildman–Crippen LogP) is 3.68. The molecule has 4 aromatic rings. The van der Waals surface area contributed by atoms with E-state index in [0.29, 0.717) is 23.1 Å². The van der Waals surface area contributed by atoms with Gasteiger partial charge in [0.15, 0.2) is 17.3 Å². The molecule has 2 aromatic heterocycles. The molecular formula is C19H17N5O3S. The van der Waals surface area contributed by atoms with Gasteiger partial charge in [0, 0.05) is 22.1 Å². The van der Waals surface area contributed by atoms with Crippen LogP contribution in [0.3, 0.4) is 0 Å². The van der Waals surface area contributed by atoms with Gasteiger partial charge < -0.3 is 14.2 Å². The Balaban J connectivity index is 1.76. The van der Waals surface area contributed by atoms with Gasteiger partial charge in [0.2, 0.25) is 5.75 Å². The van der Waals surface area contributed by atoms with Crippen LogP contribution in [-0.2, 0) is 0 Å². The first-order valence-electron chi connectivity index (χ1n) is 8.34. The summed E-state index contributed by atoms with van der Waals surface area (Å²) >= 11 is 1.39. The van der Waals surface area contributed by atoms with E-state index in [-0.39, 0.29) is 0 Å². The Labute approximate surface area is 165 Å². The van der Waals surface area contributed by atoms with Gasteiger partial charge in [0.25, 0.3) is 0 Å². The summed E-state index contributed by atoms with van der Waals surface area (Å²) in [7, 11) is 4.78. The van der Waals surface area contributed by atoms with Gasteiger partial charge in [0.1, 0.15) is 0 Å². The number of tetrazole rings is 1. The molecule has 0 fully saturated rings. The number of H-pyrrole nitrogens is 1. The second kappa shape index (κ2) is 7.65. The lowest BCUT2D eigenvalue weighted by molar-refractivity contribution is 0.324. The van der Waals surface area contributed by atoms with Crippen molar-refractivity contribution in [1.82, 2.24) is 25.0 Å². The molecule has 1 N–H and O–H groups in total. The highest BCUT2D eigenvalue weighted by Gasteiger charge is 2.18. The van der Waals surface area contributed by atoms with Crippen molar-refractivity contribution in [1.29, 1.82) is 0 Å². The Morgan fingerprint density at radius 2 is 1.54 bits per heavy atom. The van der Waals surface area contributed by atoms with Crippen molar-refractivity contribution in [3.8, 4) is 51.0 Å². The third-order valence-corrected chi connectivity index (χ3v) is 4.95. The molecule has 2 heterocycles. The van der Waals surface area contributed by atoms with E-state index < -0.39 is 0 Å². The Hall–Kier alpha value is -3.46. The van der Waals surface area contributed by atoms with Crippen molar-refractivity contribution in [2.24, 2.45) is 0 Å². The maximum atomic E-state index is 5.47. The summed E-state index contributed by atoms with van der Waals surface area (Å²) in [6.07, 6.45) is 0. The molecule has 28 heavy (non-hydrogen) atoms. The highest BCUT2D eigenvalue weighted by Crippen LogP contribution is 2.43. The van der Waals surface area contributed by atoms with Crippen molar-refractivity contribution in [3.63, 3.8) is 0 Å². The Kier molecular flexibility index (Phi) is 4.90. The van der Waals surface area contributed by atoms with Gasteiger partial charge in [-0.1, -0.05) is 24.3 Å². The van der Waals surface area contributed by atoms with Gasteiger partial charge >= 0.3 is 0 Å². The number of aromatic amines is 1. The average molecular weight is 395 g/mol. The number of benzene rings is 2. The highest BCUT2D eigenvalue weighted by atomic mass is 32.1. The molecule has 0 aliphatic carbocycles. The fourth-order valence-corrected chi connectivity index (χ4v) is 3.67. The average Bonchev–Trinajstić information content (AvgIpc) is 3.45. The van der Waals surface area contributed by atoms with Crippen LogP contribution in [-0.4, -0.2) is 46.3 Å². The summed E-state index contributed by atoms with van der Waals surface area (Å²) < 4.78 is 20.9. The molecule has 0 aliphatic heterocycles. The zero-order chi connectivity index (χ0) is 19.5. The number of hydrogen-bond acceptors (Lipinski definition) is 8. The first-order valence-corrected chi connectivity index (χ1v) is 9.18. The normalized spacial score (nSPS) is 10.7. The highest BCUT2D eigenvalue weighted by molar-refractivity contribution is 7.04. The maximum Gasteiger partial charge on any atom is 0.203 e. The largest absolute Gasteiger partial charge is 0.493 e. The number of nitrogens with zero attached hydrogens (tertiary/aromatic N) is 4. The summed E-state index contributed by atoms with van der Waals surface area (Å²) in [6.45, 7) is 0. The van der Waals surface area contributed by atoms with Gasteiger partial charge in [-0.15, -0.1) is 5.10 Å². The molecule has 2 aromatic carbocycles. The molecule has 0 radical (unpaired) electrons. The third-order valence-electron chi connectivity index (χ3n) is 4.32. The zero-order valence-electron chi connectivity index (χ0n) is 15.5. The fourth-order valence-electron chi connectivity index (χ4n) is 2.96. The van der Waals surface area contributed by atoms with Crippen molar-refractivity contribution in [2.45, 2.75) is 0 Å². The van der Waals surface area contributed by atoms with E-state index in [1.807, 2.05) is 41.8 Å². The van der Waals surface area contributed by atoms with E-state index in [9.17, 15) is 0 Å². The van der Waals surface area contributed by atoms with Crippen LogP contribution >= 0.6 is 11.5 Å². The molecule has 0 saturated heterocycles. The zero-order valence-corrected chi connectivity index (χ0v) is 16.3. The Morgan fingerprint density at radius 3 is 2.11 bits per heavy atom. The maximum absolute atomic E-state index is 5.47. The number of rotatable bonds is 6. The second-order valence-electron chi connectivity index (χ2n) is 5.82.